The van der Waals surface area contributed by atoms with Gasteiger partial charge in [0.2, 0.25) is 4.80 Å². The van der Waals surface area contributed by atoms with E-state index >= 15 is 0 Å². The molecule has 0 saturated carbocycles. The molecule has 17 heavy (non-hydrogen) atoms. The normalized spacial score (nSPS) is 12.2. The van der Waals surface area contributed by atoms with Gasteiger partial charge in [0.1, 0.15) is 0 Å². The van der Waals surface area contributed by atoms with E-state index in [4.69, 9.17) is 0 Å². The zero-order valence-corrected chi connectivity index (χ0v) is 10.1. The second-order valence-electron chi connectivity index (χ2n) is 3.64. The first-order valence-electron chi connectivity index (χ1n) is 5.23. The molecule has 0 amide bonds. The van der Waals surface area contributed by atoms with Gasteiger partial charge in [-0.15, -0.1) is 0 Å². The smallest absolute Gasteiger partial charge is 0.214 e. The Labute approximate surface area is 102 Å². The van der Waals surface area contributed by atoms with Crippen LogP contribution < -0.4 is 4.80 Å². The van der Waals surface area contributed by atoms with Crippen LogP contribution in [0.5, 0.6) is 0 Å². The average molecular weight is 242 g/mol. The van der Waals surface area contributed by atoms with Crippen LogP contribution in [0.3, 0.4) is 0 Å². The van der Waals surface area contributed by atoms with Crippen molar-refractivity contribution in [3.05, 3.63) is 53.2 Å². The van der Waals surface area contributed by atoms with Gasteiger partial charge in [0.05, 0.1) is 5.69 Å². The van der Waals surface area contributed by atoms with E-state index in [9.17, 15) is 0 Å². The quantitative estimate of drug-likeness (QED) is 0.657. The highest BCUT2D eigenvalue weighted by Gasteiger charge is 2.00. The fourth-order valence-corrected chi connectivity index (χ4v) is 2.43. The van der Waals surface area contributed by atoms with Crippen LogP contribution in [0.15, 0.2) is 47.7 Å². The Balaban J connectivity index is 2.29. The predicted octanol–water partition coefficient (Wildman–Crippen LogP) is 2.33. The number of pyridine rings is 2. The Hall–Kier alpha value is -2.01. The summed E-state index contributed by atoms with van der Waals surface area (Å²) in [7, 11) is 0. The molecule has 0 aliphatic rings. The lowest BCUT2D eigenvalue weighted by atomic mass is 10.4. The monoisotopic (exact) mass is 242 g/mol. The van der Waals surface area contributed by atoms with Crippen LogP contribution in [0.4, 0.5) is 5.69 Å². The molecule has 0 radical (unpaired) electrons. The minimum absolute atomic E-state index is 0.879. The minimum Gasteiger partial charge on any atom is -0.272 e. The van der Waals surface area contributed by atoms with Gasteiger partial charge in [-0.1, -0.05) is 6.07 Å². The molecule has 5 heteroatoms. The largest absolute Gasteiger partial charge is 0.272 e. The summed E-state index contributed by atoms with van der Waals surface area (Å²) in [5, 5.41) is 0. The van der Waals surface area contributed by atoms with E-state index in [2.05, 4.69) is 14.3 Å². The number of hydrogen-bond donors (Lipinski definition) is 0. The molecule has 3 aromatic heterocycles. The fourth-order valence-electron chi connectivity index (χ4n) is 1.65. The first-order valence-corrected chi connectivity index (χ1v) is 6.01. The van der Waals surface area contributed by atoms with Crippen molar-refractivity contribution >= 4 is 22.9 Å². The summed E-state index contributed by atoms with van der Waals surface area (Å²) in [4.78, 5) is 9.42. The lowest BCUT2D eigenvalue weighted by Gasteiger charge is -1.97. The van der Waals surface area contributed by atoms with Crippen molar-refractivity contribution < 1.29 is 0 Å². The van der Waals surface area contributed by atoms with Crippen LogP contribution >= 0.6 is 11.5 Å². The molecule has 3 heterocycles. The van der Waals surface area contributed by atoms with Crippen LogP contribution in [0.1, 0.15) is 5.69 Å². The molecule has 3 aromatic rings. The molecule has 0 atom stereocenters. The Morgan fingerprint density at radius 3 is 2.82 bits per heavy atom. The topological polar surface area (TPSA) is 42.5 Å². The van der Waals surface area contributed by atoms with Gasteiger partial charge in [-0.3, -0.25) is 9.38 Å². The summed E-state index contributed by atoms with van der Waals surface area (Å²) in [6.07, 6.45) is 3.47. The van der Waals surface area contributed by atoms with Crippen LogP contribution in [0.25, 0.3) is 5.65 Å². The molecule has 3 rings (SSSR count). The number of fused-ring (bicyclic) bond motifs is 1. The van der Waals surface area contributed by atoms with Crippen molar-refractivity contribution in [3.8, 4) is 0 Å². The number of hydrogen-bond acceptors (Lipinski definition) is 4. The molecule has 0 aromatic carbocycles. The maximum Gasteiger partial charge on any atom is 0.214 e. The van der Waals surface area contributed by atoms with E-state index in [1.807, 2.05) is 41.7 Å². The van der Waals surface area contributed by atoms with Gasteiger partial charge in [-0.05, 0) is 31.2 Å². The molecule has 0 N–H and O–H groups in total. The summed E-state index contributed by atoms with van der Waals surface area (Å²) in [5.41, 5.74) is 2.95. The number of nitrogens with zero attached hydrogens (tertiary/aromatic N) is 4. The number of aryl methyl sites for hydroxylation is 1. The van der Waals surface area contributed by atoms with Gasteiger partial charge in [0.15, 0.2) is 5.65 Å². The Morgan fingerprint density at radius 1 is 1.18 bits per heavy atom. The molecule has 4 nitrogen and oxygen atoms in total. The summed E-state index contributed by atoms with van der Waals surface area (Å²) in [6, 6.07) is 9.79. The van der Waals surface area contributed by atoms with E-state index in [-0.39, 0.29) is 0 Å². The van der Waals surface area contributed by atoms with Crippen molar-refractivity contribution in [2.45, 2.75) is 6.92 Å². The van der Waals surface area contributed by atoms with Crippen LogP contribution in [0.2, 0.25) is 0 Å². The molecule has 0 bridgehead atoms. The summed E-state index contributed by atoms with van der Waals surface area (Å²) < 4.78 is 6.42. The maximum atomic E-state index is 4.57. The molecule has 0 aliphatic heterocycles. The minimum atomic E-state index is 0.879. The Kier molecular flexibility index (Phi) is 2.45. The first kappa shape index (κ1) is 10.2. The molecule has 0 saturated heterocycles. The van der Waals surface area contributed by atoms with Crippen molar-refractivity contribution in [2.24, 2.45) is 4.99 Å². The van der Waals surface area contributed by atoms with Gasteiger partial charge >= 0.3 is 0 Å². The van der Waals surface area contributed by atoms with Crippen molar-refractivity contribution in [3.63, 3.8) is 0 Å². The second-order valence-corrected chi connectivity index (χ2v) is 4.37. The van der Waals surface area contributed by atoms with Gasteiger partial charge in [0, 0.05) is 29.6 Å². The van der Waals surface area contributed by atoms with E-state index < -0.39 is 0 Å². The summed E-state index contributed by atoms with van der Waals surface area (Å²) >= 11 is 1.40. The van der Waals surface area contributed by atoms with Gasteiger partial charge < -0.3 is 0 Å². The first-order chi connectivity index (χ1) is 8.34. The lowest BCUT2D eigenvalue weighted by molar-refractivity contribution is 1.02. The number of aromatic nitrogens is 3. The molecule has 0 fully saturated rings. The fraction of sp³-hybridized carbons (Fsp3) is 0.0833. The van der Waals surface area contributed by atoms with E-state index in [1.165, 1.54) is 11.5 Å². The number of rotatable bonds is 1. The summed E-state index contributed by atoms with van der Waals surface area (Å²) in [6.45, 7) is 2.05. The lowest BCUT2D eigenvalue weighted by Crippen LogP contribution is -2.08. The van der Waals surface area contributed by atoms with E-state index in [0.29, 0.717) is 0 Å². The average Bonchev–Trinajstić information content (AvgIpc) is 2.75. The zero-order valence-electron chi connectivity index (χ0n) is 9.24. The zero-order chi connectivity index (χ0) is 11.7. The van der Waals surface area contributed by atoms with E-state index in [0.717, 1.165) is 21.8 Å². The van der Waals surface area contributed by atoms with Crippen LogP contribution in [-0.2, 0) is 0 Å². The Morgan fingerprint density at radius 2 is 2.00 bits per heavy atom. The SMILES string of the molecule is Cc1cccc2nsc(=Nc3ccncc3)n12. The third-order valence-electron chi connectivity index (χ3n) is 2.46. The van der Waals surface area contributed by atoms with Crippen molar-refractivity contribution in [1.82, 2.24) is 13.8 Å². The highest BCUT2D eigenvalue weighted by Crippen LogP contribution is 2.09. The molecule has 0 aliphatic carbocycles. The van der Waals surface area contributed by atoms with Crippen molar-refractivity contribution in [1.29, 1.82) is 0 Å². The highest BCUT2D eigenvalue weighted by atomic mass is 32.1. The van der Waals surface area contributed by atoms with Crippen molar-refractivity contribution in [2.75, 3.05) is 0 Å². The van der Waals surface area contributed by atoms with Crippen LogP contribution in [0, 0.1) is 6.92 Å². The second kappa shape index (κ2) is 4.10. The van der Waals surface area contributed by atoms with Gasteiger partial charge in [-0.2, -0.15) is 4.37 Å². The molecular formula is C12H10N4S. The molecule has 0 spiro atoms. The standard InChI is InChI=1S/C12H10N4S/c1-9-3-2-4-11-15-17-12(16(9)11)14-10-5-7-13-8-6-10/h2-8H,1H3. The molecular weight excluding hydrogens is 232 g/mol. The highest BCUT2D eigenvalue weighted by molar-refractivity contribution is 7.03. The molecule has 84 valence electrons. The molecule has 0 unspecified atom stereocenters. The predicted molar refractivity (Wildman–Crippen MR) is 67.3 cm³/mol. The Bertz CT molecular complexity index is 712. The van der Waals surface area contributed by atoms with E-state index in [1.54, 1.807) is 12.4 Å². The van der Waals surface area contributed by atoms with Gasteiger partial charge in [0.25, 0.3) is 0 Å². The van der Waals surface area contributed by atoms with Crippen LogP contribution in [-0.4, -0.2) is 13.8 Å². The van der Waals surface area contributed by atoms with Gasteiger partial charge in [-0.25, -0.2) is 4.99 Å². The third kappa shape index (κ3) is 1.85. The maximum absolute atomic E-state index is 4.57. The third-order valence-corrected chi connectivity index (χ3v) is 3.18. The summed E-state index contributed by atoms with van der Waals surface area (Å²) in [5.74, 6) is 0.